The van der Waals surface area contributed by atoms with E-state index in [1.807, 2.05) is 6.92 Å². The number of carbonyl (C=O) groups excluding carboxylic acids is 1. The Morgan fingerprint density at radius 2 is 1.95 bits per heavy atom. The number of carbonyl (C=O) groups is 1. The van der Waals surface area contributed by atoms with Crippen LogP contribution in [0.25, 0.3) is 0 Å². The minimum Gasteiger partial charge on any atom is -0.282 e. The Labute approximate surface area is 131 Å². The van der Waals surface area contributed by atoms with Gasteiger partial charge in [0.2, 0.25) is 5.12 Å². The van der Waals surface area contributed by atoms with Gasteiger partial charge in [0.1, 0.15) is 0 Å². The molecule has 1 aromatic rings. The molecule has 0 saturated heterocycles. The third-order valence-corrected chi connectivity index (χ3v) is 6.57. The van der Waals surface area contributed by atoms with E-state index in [4.69, 9.17) is 0 Å². The molecule has 0 aliphatic carbocycles. The molecule has 0 aromatic carbocycles. The van der Waals surface area contributed by atoms with Gasteiger partial charge < -0.3 is 0 Å². The number of hydrogen-bond donors (Lipinski definition) is 0. The molecule has 0 saturated carbocycles. The van der Waals surface area contributed by atoms with Gasteiger partial charge in [0.25, 0.3) is 0 Å². The standard InChI is InChI=1S/C12H18N2OS4/c1-7(2)10(15)18-9(5)6-16-11-13-14-12(19-11)17-8(3)4/h8-9H,1,6H2,2-5H3. The first-order valence-electron chi connectivity index (χ1n) is 5.88. The van der Waals surface area contributed by atoms with Gasteiger partial charge in [0.05, 0.1) is 0 Å². The predicted octanol–water partition coefficient (Wildman–Crippen LogP) is 4.36. The molecule has 7 heteroatoms. The van der Waals surface area contributed by atoms with E-state index in [9.17, 15) is 4.79 Å². The van der Waals surface area contributed by atoms with Crippen LogP contribution >= 0.6 is 46.6 Å². The van der Waals surface area contributed by atoms with E-state index >= 15 is 0 Å². The number of aromatic nitrogens is 2. The third-order valence-electron chi connectivity index (χ3n) is 1.82. The quantitative estimate of drug-likeness (QED) is 0.545. The van der Waals surface area contributed by atoms with E-state index in [2.05, 4.69) is 30.6 Å². The van der Waals surface area contributed by atoms with Crippen LogP contribution in [0.3, 0.4) is 0 Å². The summed E-state index contributed by atoms with van der Waals surface area (Å²) in [7, 11) is 0. The Morgan fingerprint density at radius 3 is 2.53 bits per heavy atom. The zero-order chi connectivity index (χ0) is 14.4. The SMILES string of the molecule is C=C(C)C(=O)SC(C)CSc1nnc(SC(C)C)s1. The molecule has 1 heterocycles. The maximum absolute atomic E-state index is 11.5. The van der Waals surface area contributed by atoms with Crippen LogP contribution in [0.2, 0.25) is 0 Å². The highest BCUT2D eigenvalue weighted by atomic mass is 32.2. The molecule has 0 fully saturated rings. The van der Waals surface area contributed by atoms with Crippen molar-refractivity contribution in [2.45, 2.75) is 46.9 Å². The average molecular weight is 335 g/mol. The van der Waals surface area contributed by atoms with Crippen molar-refractivity contribution in [1.82, 2.24) is 10.2 Å². The number of rotatable bonds is 7. The minimum absolute atomic E-state index is 0.0708. The first-order chi connectivity index (χ1) is 8.88. The van der Waals surface area contributed by atoms with Crippen molar-refractivity contribution in [2.24, 2.45) is 0 Å². The molecule has 0 amide bonds. The van der Waals surface area contributed by atoms with Crippen LogP contribution in [-0.2, 0) is 4.79 Å². The lowest BCUT2D eigenvalue weighted by molar-refractivity contribution is -0.107. The molecule has 1 aromatic heterocycles. The highest BCUT2D eigenvalue weighted by molar-refractivity contribution is 8.15. The molecule has 1 unspecified atom stereocenters. The summed E-state index contributed by atoms with van der Waals surface area (Å²) in [5.74, 6) is 0.852. The fourth-order valence-electron chi connectivity index (χ4n) is 1.01. The van der Waals surface area contributed by atoms with Gasteiger partial charge in [-0.15, -0.1) is 10.2 Å². The Bertz CT molecular complexity index is 445. The van der Waals surface area contributed by atoms with Gasteiger partial charge in [-0.25, -0.2) is 0 Å². The van der Waals surface area contributed by atoms with Crippen molar-refractivity contribution in [2.75, 3.05) is 5.75 Å². The largest absolute Gasteiger partial charge is 0.282 e. The van der Waals surface area contributed by atoms with Crippen LogP contribution in [0.1, 0.15) is 27.7 Å². The summed E-state index contributed by atoms with van der Waals surface area (Å²) in [4.78, 5) is 11.5. The Hall–Kier alpha value is 0.0200. The molecule has 1 atom stereocenters. The van der Waals surface area contributed by atoms with Crippen LogP contribution in [-0.4, -0.2) is 31.6 Å². The van der Waals surface area contributed by atoms with Gasteiger partial charge in [0.15, 0.2) is 8.68 Å². The maximum atomic E-state index is 11.5. The fourth-order valence-corrected chi connectivity index (χ4v) is 5.17. The highest BCUT2D eigenvalue weighted by Crippen LogP contribution is 2.32. The average Bonchev–Trinajstić information content (AvgIpc) is 2.73. The van der Waals surface area contributed by atoms with Crippen LogP contribution in [0, 0.1) is 0 Å². The lowest BCUT2D eigenvalue weighted by atomic mass is 10.4. The monoisotopic (exact) mass is 334 g/mol. The zero-order valence-electron chi connectivity index (χ0n) is 11.5. The van der Waals surface area contributed by atoms with Crippen molar-refractivity contribution in [1.29, 1.82) is 0 Å². The second-order valence-corrected chi connectivity index (χ2v) is 9.79. The normalized spacial score (nSPS) is 12.7. The fraction of sp³-hybridized carbons (Fsp3) is 0.583. The van der Waals surface area contributed by atoms with Gasteiger partial charge in [0, 0.05) is 16.3 Å². The number of hydrogen-bond acceptors (Lipinski definition) is 7. The molecule has 106 valence electrons. The molecule has 0 aliphatic heterocycles. The van der Waals surface area contributed by atoms with E-state index < -0.39 is 0 Å². The van der Waals surface area contributed by atoms with Crippen LogP contribution < -0.4 is 0 Å². The first-order valence-corrected chi connectivity index (χ1v) is 9.44. The van der Waals surface area contributed by atoms with Gasteiger partial charge in [-0.3, -0.25) is 4.79 Å². The Kier molecular flexibility index (Phi) is 7.49. The molecule has 0 aliphatic rings. The van der Waals surface area contributed by atoms with E-state index in [0.717, 1.165) is 14.4 Å². The molecule has 0 N–H and O–H groups in total. The van der Waals surface area contributed by atoms with Crippen molar-refractivity contribution in [3.8, 4) is 0 Å². The second-order valence-electron chi connectivity index (χ2n) is 4.31. The molecule has 0 spiro atoms. The van der Waals surface area contributed by atoms with Crippen molar-refractivity contribution in [3.05, 3.63) is 12.2 Å². The van der Waals surface area contributed by atoms with E-state index in [-0.39, 0.29) is 10.4 Å². The summed E-state index contributed by atoms with van der Waals surface area (Å²) in [5, 5.41) is 9.14. The molecular weight excluding hydrogens is 316 g/mol. The third kappa shape index (κ3) is 6.83. The molecule has 0 radical (unpaired) electrons. The van der Waals surface area contributed by atoms with Gasteiger partial charge >= 0.3 is 0 Å². The summed E-state index contributed by atoms with van der Waals surface area (Å²) < 4.78 is 1.98. The molecule has 1 rings (SSSR count). The maximum Gasteiger partial charge on any atom is 0.214 e. The molecule has 19 heavy (non-hydrogen) atoms. The number of thioether (sulfide) groups is 3. The smallest absolute Gasteiger partial charge is 0.214 e. The van der Waals surface area contributed by atoms with Gasteiger partial charge in [-0.2, -0.15) is 0 Å². The van der Waals surface area contributed by atoms with Crippen LogP contribution in [0.4, 0.5) is 0 Å². The van der Waals surface area contributed by atoms with E-state index in [0.29, 0.717) is 10.8 Å². The summed E-state index contributed by atoms with van der Waals surface area (Å²) in [6, 6.07) is 0. The lowest BCUT2D eigenvalue weighted by Crippen LogP contribution is -2.05. The highest BCUT2D eigenvalue weighted by Gasteiger charge is 2.13. The lowest BCUT2D eigenvalue weighted by Gasteiger charge is -2.07. The van der Waals surface area contributed by atoms with Gasteiger partial charge in [-0.1, -0.05) is 74.0 Å². The molecular formula is C12H18N2OS4. The second kappa shape index (κ2) is 8.34. The molecule has 0 bridgehead atoms. The zero-order valence-corrected chi connectivity index (χ0v) is 14.8. The summed E-state index contributed by atoms with van der Waals surface area (Å²) >= 11 is 6.34. The molecule has 3 nitrogen and oxygen atoms in total. The van der Waals surface area contributed by atoms with Crippen molar-refractivity contribution in [3.63, 3.8) is 0 Å². The Morgan fingerprint density at radius 1 is 1.32 bits per heavy atom. The summed E-state index contributed by atoms with van der Waals surface area (Å²) in [6.45, 7) is 11.7. The number of nitrogens with zero attached hydrogens (tertiary/aromatic N) is 2. The van der Waals surface area contributed by atoms with Gasteiger partial charge in [-0.05, 0) is 12.5 Å². The topological polar surface area (TPSA) is 42.9 Å². The van der Waals surface area contributed by atoms with Crippen molar-refractivity contribution < 1.29 is 4.79 Å². The Balaban J connectivity index is 2.37. The van der Waals surface area contributed by atoms with E-state index in [1.165, 1.54) is 11.8 Å². The summed E-state index contributed by atoms with van der Waals surface area (Å²) in [5.41, 5.74) is 0.605. The summed E-state index contributed by atoms with van der Waals surface area (Å²) in [6.07, 6.45) is 0. The first kappa shape index (κ1) is 17.1. The predicted molar refractivity (Wildman–Crippen MR) is 88.5 cm³/mol. The van der Waals surface area contributed by atoms with Crippen LogP contribution in [0.15, 0.2) is 20.8 Å². The van der Waals surface area contributed by atoms with E-state index in [1.54, 1.807) is 41.8 Å². The van der Waals surface area contributed by atoms with Crippen LogP contribution in [0.5, 0.6) is 0 Å². The minimum atomic E-state index is 0.0708. The van der Waals surface area contributed by atoms with Crippen molar-refractivity contribution >= 4 is 51.7 Å².